The zero-order valence-corrected chi connectivity index (χ0v) is 7.32. The third-order valence-electron chi connectivity index (χ3n) is 1.51. The van der Waals surface area contributed by atoms with Crippen LogP contribution in [0.4, 0.5) is 5.82 Å². The Bertz CT molecular complexity index is 301. The summed E-state index contributed by atoms with van der Waals surface area (Å²) in [6.45, 7) is 1.85. The molecule has 0 aliphatic carbocycles. The van der Waals surface area contributed by atoms with Crippen LogP contribution in [0.25, 0.3) is 0 Å². The molecule has 0 radical (unpaired) electrons. The van der Waals surface area contributed by atoms with Gasteiger partial charge in [-0.3, -0.25) is 4.79 Å². The summed E-state index contributed by atoms with van der Waals surface area (Å²) in [6, 6.07) is 1.74. The van der Waals surface area contributed by atoms with Crippen molar-refractivity contribution in [2.24, 2.45) is 0 Å². The Morgan fingerprint density at radius 2 is 2.38 bits per heavy atom. The quantitative estimate of drug-likeness (QED) is 0.708. The lowest BCUT2D eigenvalue weighted by Gasteiger charge is -2.02. The van der Waals surface area contributed by atoms with E-state index >= 15 is 0 Å². The minimum Gasteiger partial charge on any atom is -0.480 e. The summed E-state index contributed by atoms with van der Waals surface area (Å²) in [6.07, 6.45) is 2.23. The third kappa shape index (κ3) is 3.06. The molecule has 0 unspecified atom stereocenters. The molecule has 1 aromatic rings. The summed E-state index contributed by atoms with van der Waals surface area (Å²) in [7, 11) is 0. The predicted molar refractivity (Wildman–Crippen MR) is 47.5 cm³/mol. The average Bonchev–Trinajstić information content (AvgIpc) is 2.15. The van der Waals surface area contributed by atoms with Gasteiger partial charge in [-0.1, -0.05) is 6.92 Å². The lowest BCUT2D eigenvalue weighted by atomic mass is 10.3. The minimum atomic E-state index is -0.906. The molecule has 0 aliphatic heterocycles. The molecule has 1 rings (SSSR count). The van der Waals surface area contributed by atoms with E-state index in [2.05, 4.69) is 15.3 Å². The molecule has 0 aromatic carbocycles. The molecule has 0 fully saturated rings. The normalized spacial score (nSPS) is 9.62. The Balaban J connectivity index is 2.61. The lowest BCUT2D eigenvalue weighted by Crippen LogP contribution is -2.13. The van der Waals surface area contributed by atoms with Gasteiger partial charge in [0, 0.05) is 11.8 Å². The fraction of sp³-hybridized carbons (Fsp3) is 0.375. The van der Waals surface area contributed by atoms with Crippen LogP contribution in [0.3, 0.4) is 0 Å². The summed E-state index contributed by atoms with van der Waals surface area (Å²) in [5.41, 5.74) is 0.892. The van der Waals surface area contributed by atoms with Crippen LogP contribution in [0.5, 0.6) is 0 Å². The molecule has 0 amide bonds. The Morgan fingerprint density at radius 1 is 1.62 bits per heavy atom. The fourth-order valence-corrected chi connectivity index (χ4v) is 0.854. The molecule has 0 aliphatic rings. The first-order chi connectivity index (χ1) is 6.22. The van der Waals surface area contributed by atoms with Crippen molar-refractivity contribution in [2.45, 2.75) is 13.3 Å². The Kier molecular flexibility index (Phi) is 3.19. The Morgan fingerprint density at radius 3 is 3.00 bits per heavy atom. The number of nitrogens with one attached hydrogen (secondary N) is 1. The van der Waals surface area contributed by atoms with Gasteiger partial charge in [0.15, 0.2) is 0 Å². The van der Waals surface area contributed by atoms with Crippen LogP contribution < -0.4 is 5.32 Å². The molecule has 13 heavy (non-hydrogen) atoms. The number of carbonyl (C=O) groups is 1. The van der Waals surface area contributed by atoms with Gasteiger partial charge in [0.25, 0.3) is 0 Å². The number of rotatable bonds is 4. The SMILES string of the molecule is CCc1cc(NCC(=O)O)ncn1. The lowest BCUT2D eigenvalue weighted by molar-refractivity contribution is -0.134. The highest BCUT2D eigenvalue weighted by Crippen LogP contribution is 2.03. The van der Waals surface area contributed by atoms with Gasteiger partial charge in [-0.15, -0.1) is 0 Å². The number of hydrogen-bond acceptors (Lipinski definition) is 4. The van der Waals surface area contributed by atoms with E-state index in [1.807, 2.05) is 6.92 Å². The van der Waals surface area contributed by atoms with Gasteiger partial charge in [-0.05, 0) is 6.42 Å². The topological polar surface area (TPSA) is 75.1 Å². The van der Waals surface area contributed by atoms with Gasteiger partial charge >= 0.3 is 5.97 Å². The number of aryl methyl sites for hydroxylation is 1. The first kappa shape index (κ1) is 9.44. The van der Waals surface area contributed by atoms with Gasteiger partial charge in [-0.25, -0.2) is 9.97 Å². The molecule has 1 aromatic heterocycles. The molecular formula is C8H11N3O2. The highest BCUT2D eigenvalue weighted by Gasteiger charge is 1.98. The van der Waals surface area contributed by atoms with Gasteiger partial charge in [-0.2, -0.15) is 0 Å². The molecular weight excluding hydrogens is 170 g/mol. The zero-order chi connectivity index (χ0) is 9.68. The van der Waals surface area contributed by atoms with Crippen molar-refractivity contribution in [1.82, 2.24) is 9.97 Å². The van der Waals surface area contributed by atoms with Crippen molar-refractivity contribution in [3.63, 3.8) is 0 Å². The van der Waals surface area contributed by atoms with Gasteiger partial charge in [0.2, 0.25) is 0 Å². The van der Waals surface area contributed by atoms with Crippen molar-refractivity contribution in [2.75, 3.05) is 11.9 Å². The van der Waals surface area contributed by atoms with Crippen LogP contribution in [0.15, 0.2) is 12.4 Å². The number of aliphatic carboxylic acids is 1. The van der Waals surface area contributed by atoms with Gasteiger partial charge in [0.1, 0.15) is 18.7 Å². The highest BCUT2D eigenvalue weighted by atomic mass is 16.4. The maximum absolute atomic E-state index is 10.2. The summed E-state index contributed by atoms with van der Waals surface area (Å²) in [5, 5.41) is 11.1. The average molecular weight is 181 g/mol. The Labute approximate surface area is 75.8 Å². The van der Waals surface area contributed by atoms with Crippen LogP contribution in [0.1, 0.15) is 12.6 Å². The van der Waals surface area contributed by atoms with E-state index in [4.69, 9.17) is 5.11 Å². The number of nitrogens with zero attached hydrogens (tertiary/aromatic N) is 2. The second-order valence-electron chi connectivity index (χ2n) is 2.50. The molecule has 1 heterocycles. The second kappa shape index (κ2) is 4.39. The van der Waals surface area contributed by atoms with Crippen molar-refractivity contribution in [3.8, 4) is 0 Å². The highest BCUT2D eigenvalue weighted by molar-refractivity contribution is 5.72. The number of anilines is 1. The largest absolute Gasteiger partial charge is 0.480 e. The van der Waals surface area contributed by atoms with E-state index in [-0.39, 0.29) is 6.54 Å². The van der Waals surface area contributed by atoms with Crippen LogP contribution >= 0.6 is 0 Å². The zero-order valence-electron chi connectivity index (χ0n) is 7.32. The van der Waals surface area contributed by atoms with Crippen molar-refractivity contribution in [3.05, 3.63) is 18.1 Å². The van der Waals surface area contributed by atoms with Crippen LogP contribution in [-0.4, -0.2) is 27.6 Å². The van der Waals surface area contributed by atoms with Crippen molar-refractivity contribution < 1.29 is 9.90 Å². The second-order valence-corrected chi connectivity index (χ2v) is 2.50. The van der Waals surface area contributed by atoms with E-state index in [0.29, 0.717) is 5.82 Å². The summed E-state index contributed by atoms with van der Waals surface area (Å²) < 4.78 is 0. The first-order valence-electron chi connectivity index (χ1n) is 3.99. The maximum Gasteiger partial charge on any atom is 0.322 e. The van der Waals surface area contributed by atoms with Crippen LogP contribution in [0.2, 0.25) is 0 Å². The van der Waals surface area contributed by atoms with E-state index in [1.54, 1.807) is 6.07 Å². The third-order valence-corrected chi connectivity index (χ3v) is 1.51. The predicted octanol–water partition coefficient (Wildman–Crippen LogP) is 0.536. The van der Waals surface area contributed by atoms with Crippen molar-refractivity contribution in [1.29, 1.82) is 0 Å². The summed E-state index contributed by atoms with van der Waals surface area (Å²) in [5.74, 6) is -0.356. The van der Waals surface area contributed by atoms with E-state index in [0.717, 1.165) is 12.1 Å². The van der Waals surface area contributed by atoms with E-state index in [1.165, 1.54) is 6.33 Å². The molecule has 0 spiro atoms. The maximum atomic E-state index is 10.2. The van der Waals surface area contributed by atoms with Crippen molar-refractivity contribution >= 4 is 11.8 Å². The number of carboxylic acid groups (broad SMARTS) is 1. The summed E-state index contributed by atoms with van der Waals surface area (Å²) in [4.78, 5) is 18.1. The molecule has 5 heteroatoms. The molecule has 70 valence electrons. The first-order valence-corrected chi connectivity index (χ1v) is 3.99. The smallest absolute Gasteiger partial charge is 0.322 e. The molecule has 2 N–H and O–H groups in total. The van der Waals surface area contributed by atoms with E-state index < -0.39 is 5.97 Å². The van der Waals surface area contributed by atoms with E-state index in [9.17, 15) is 4.79 Å². The fourth-order valence-electron chi connectivity index (χ4n) is 0.854. The van der Waals surface area contributed by atoms with Gasteiger partial charge < -0.3 is 10.4 Å². The molecule has 0 atom stereocenters. The standard InChI is InChI=1S/C8H11N3O2/c1-2-6-3-7(11-5-10-6)9-4-8(12)13/h3,5H,2,4H2,1H3,(H,12,13)(H,9,10,11). The molecule has 0 saturated carbocycles. The molecule has 0 saturated heterocycles. The number of carboxylic acids is 1. The molecule has 0 bridgehead atoms. The Hall–Kier alpha value is -1.65. The minimum absolute atomic E-state index is 0.125. The van der Waals surface area contributed by atoms with Gasteiger partial charge in [0.05, 0.1) is 0 Å². The molecule has 5 nitrogen and oxygen atoms in total. The summed E-state index contributed by atoms with van der Waals surface area (Å²) >= 11 is 0. The number of hydrogen-bond donors (Lipinski definition) is 2. The van der Waals surface area contributed by atoms with Crippen LogP contribution in [0, 0.1) is 0 Å². The monoisotopic (exact) mass is 181 g/mol. The number of aromatic nitrogens is 2. The van der Waals surface area contributed by atoms with Crippen LogP contribution in [-0.2, 0) is 11.2 Å².